The minimum absolute atomic E-state index is 0.0331. The number of rotatable bonds is 4. The number of carbonyl (C=O) groups excluding carboxylic acids is 1. The molecular weight excluding hydrogens is 314 g/mol. The van der Waals surface area contributed by atoms with E-state index in [1.54, 1.807) is 0 Å². The van der Waals surface area contributed by atoms with Crippen molar-refractivity contribution < 1.29 is 9.53 Å². The number of ether oxygens (including phenoxy) is 1. The van der Waals surface area contributed by atoms with E-state index >= 15 is 0 Å². The summed E-state index contributed by atoms with van der Waals surface area (Å²) in [5.74, 6) is 0.804. The molecular formula is C20H31N3O2. The standard InChI is InChI=1S/C20H31N3O2/c1-16-3-5-18(6-4-16)19(22-9-7-17(2)8-10-22)15-21-20(24)23-11-13-25-14-12-23/h3-6,17,19H,7-15H2,1-2H3,(H,21,24)/t19-/m1/s1. The van der Waals surface area contributed by atoms with Gasteiger partial charge in [-0.3, -0.25) is 4.90 Å². The van der Waals surface area contributed by atoms with Crippen LogP contribution in [0.2, 0.25) is 0 Å². The average molecular weight is 345 g/mol. The Balaban J connectivity index is 1.65. The van der Waals surface area contributed by atoms with Gasteiger partial charge in [-0.05, 0) is 44.3 Å². The largest absolute Gasteiger partial charge is 0.378 e. The van der Waals surface area contributed by atoms with Crippen LogP contribution in [0.1, 0.15) is 36.9 Å². The molecule has 0 radical (unpaired) electrons. The maximum Gasteiger partial charge on any atom is 0.317 e. The third-order valence-electron chi connectivity index (χ3n) is 5.47. The molecule has 2 heterocycles. The molecule has 0 saturated carbocycles. The van der Waals surface area contributed by atoms with Crippen molar-refractivity contribution in [3.8, 4) is 0 Å². The van der Waals surface area contributed by atoms with Crippen LogP contribution in [0.15, 0.2) is 24.3 Å². The fourth-order valence-corrected chi connectivity index (χ4v) is 3.65. The van der Waals surface area contributed by atoms with Crippen molar-refractivity contribution >= 4 is 6.03 Å². The first-order valence-electron chi connectivity index (χ1n) is 9.54. The topological polar surface area (TPSA) is 44.8 Å². The average Bonchev–Trinajstić information content (AvgIpc) is 2.65. The highest BCUT2D eigenvalue weighted by Gasteiger charge is 2.26. The number of benzene rings is 1. The normalized spacial score (nSPS) is 21.1. The maximum atomic E-state index is 12.5. The van der Waals surface area contributed by atoms with Crippen LogP contribution in [-0.4, -0.2) is 61.8 Å². The molecule has 2 aliphatic rings. The van der Waals surface area contributed by atoms with Gasteiger partial charge in [0.1, 0.15) is 0 Å². The lowest BCUT2D eigenvalue weighted by atomic mass is 9.95. The smallest absolute Gasteiger partial charge is 0.317 e. The van der Waals surface area contributed by atoms with Crippen LogP contribution in [0.5, 0.6) is 0 Å². The van der Waals surface area contributed by atoms with Gasteiger partial charge in [0, 0.05) is 19.6 Å². The molecule has 1 aromatic carbocycles. The summed E-state index contributed by atoms with van der Waals surface area (Å²) in [4.78, 5) is 16.9. The molecule has 0 unspecified atom stereocenters. The second-order valence-corrected chi connectivity index (χ2v) is 7.43. The van der Waals surface area contributed by atoms with E-state index in [1.807, 2.05) is 4.90 Å². The minimum atomic E-state index is 0.0331. The molecule has 2 aliphatic heterocycles. The van der Waals surface area contributed by atoms with E-state index in [0.29, 0.717) is 32.8 Å². The molecule has 3 rings (SSSR count). The lowest BCUT2D eigenvalue weighted by molar-refractivity contribution is 0.0522. The van der Waals surface area contributed by atoms with Crippen LogP contribution in [0.4, 0.5) is 4.79 Å². The number of aryl methyl sites for hydroxylation is 1. The van der Waals surface area contributed by atoms with Crippen LogP contribution >= 0.6 is 0 Å². The molecule has 1 N–H and O–H groups in total. The number of likely N-dealkylation sites (tertiary alicyclic amines) is 1. The highest BCUT2D eigenvalue weighted by molar-refractivity contribution is 5.74. The van der Waals surface area contributed by atoms with Gasteiger partial charge in [0.25, 0.3) is 0 Å². The quantitative estimate of drug-likeness (QED) is 0.913. The van der Waals surface area contributed by atoms with Crippen molar-refractivity contribution in [1.29, 1.82) is 0 Å². The Kier molecular flexibility index (Phi) is 6.32. The number of carbonyl (C=O) groups is 1. The minimum Gasteiger partial charge on any atom is -0.378 e. The summed E-state index contributed by atoms with van der Waals surface area (Å²) in [5.41, 5.74) is 2.56. The number of nitrogens with zero attached hydrogens (tertiary/aromatic N) is 2. The number of piperidine rings is 1. The number of urea groups is 1. The highest BCUT2D eigenvalue weighted by atomic mass is 16.5. The molecule has 2 saturated heterocycles. The predicted octanol–water partition coefficient (Wildman–Crippen LogP) is 2.81. The Hall–Kier alpha value is -1.59. The van der Waals surface area contributed by atoms with Crippen molar-refractivity contribution in [2.24, 2.45) is 5.92 Å². The van der Waals surface area contributed by atoms with Crippen molar-refractivity contribution in [1.82, 2.24) is 15.1 Å². The Bertz CT molecular complexity index is 547. The summed E-state index contributed by atoms with van der Waals surface area (Å²) in [6.45, 7) is 9.95. The monoisotopic (exact) mass is 345 g/mol. The van der Waals surface area contributed by atoms with E-state index < -0.39 is 0 Å². The van der Waals surface area contributed by atoms with Gasteiger partial charge in [-0.25, -0.2) is 4.79 Å². The van der Waals surface area contributed by atoms with E-state index in [9.17, 15) is 4.79 Å². The van der Waals surface area contributed by atoms with E-state index in [1.165, 1.54) is 24.0 Å². The molecule has 1 aromatic rings. The summed E-state index contributed by atoms with van der Waals surface area (Å²) in [6, 6.07) is 9.03. The molecule has 0 spiro atoms. The summed E-state index contributed by atoms with van der Waals surface area (Å²) < 4.78 is 5.33. The fraction of sp³-hybridized carbons (Fsp3) is 0.650. The summed E-state index contributed by atoms with van der Waals surface area (Å²) in [5, 5.41) is 3.16. The highest BCUT2D eigenvalue weighted by Crippen LogP contribution is 2.26. The van der Waals surface area contributed by atoms with E-state index in [-0.39, 0.29) is 12.1 Å². The summed E-state index contributed by atoms with van der Waals surface area (Å²) in [6.07, 6.45) is 2.47. The predicted molar refractivity (Wildman–Crippen MR) is 99.7 cm³/mol. The zero-order valence-electron chi connectivity index (χ0n) is 15.5. The van der Waals surface area contributed by atoms with E-state index in [2.05, 4.69) is 48.3 Å². The van der Waals surface area contributed by atoms with Gasteiger partial charge in [-0.2, -0.15) is 0 Å². The van der Waals surface area contributed by atoms with E-state index in [0.717, 1.165) is 19.0 Å². The third kappa shape index (κ3) is 4.95. The van der Waals surface area contributed by atoms with Crippen molar-refractivity contribution in [2.45, 2.75) is 32.7 Å². The molecule has 1 atom stereocenters. The first kappa shape index (κ1) is 18.2. The Morgan fingerprint density at radius 3 is 2.44 bits per heavy atom. The lowest BCUT2D eigenvalue weighted by Gasteiger charge is -2.37. The SMILES string of the molecule is Cc1ccc([C@@H](CNC(=O)N2CCOCC2)N2CCC(C)CC2)cc1. The lowest BCUT2D eigenvalue weighted by Crippen LogP contribution is -2.49. The van der Waals surface area contributed by atoms with Crippen LogP contribution in [-0.2, 0) is 4.74 Å². The Labute approximate surface area is 151 Å². The van der Waals surface area contributed by atoms with Crippen LogP contribution in [0.25, 0.3) is 0 Å². The van der Waals surface area contributed by atoms with Gasteiger partial charge in [-0.1, -0.05) is 36.8 Å². The van der Waals surface area contributed by atoms with E-state index in [4.69, 9.17) is 4.74 Å². The number of hydrogen-bond acceptors (Lipinski definition) is 3. The van der Waals surface area contributed by atoms with Gasteiger partial charge < -0.3 is 15.0 Å². The fourth-order valence-electron chi connectivity index (χ4n) is 3.65. The van der Waals surface area contributed by atoms with Gasteiger partial charge in [-0.15, -0.1) is 0 Å². The van der Waals surface area contributed by atoms with Gasteiger partial charge in [0.05, 0.1) is 19.3 Å². The van der Waals surface area contributed by atoms with Crippen molar-refractivity contribution in [3.05, 3.63) is 35.4 Å². The molecule has 0 bridgehead atoms. The van der Waals surface area contributed by atoms with Gasteiger partial charge >= 0.3 is 6.03 Å². The van der Waals surface area contributed by atoms with Gasteiger partial charge in [0.15, 0.2) is 0 Å². The second-order valence-electron chi connectivity index (χ2n) is 7.43. The molecule has 0 aliphatic carbocycles. The maximum absolute atomic E-state index is 12.5. The van der Waals surface area contributed by atoms with Crippen LogP contribution in [0.3, 0.4) is 0 Å². The summed E-state index contributed by atoms with van der Waals surface area (Å²) in [7, 11) is 0. The Morgan fingerprint density at radius 2 is 1.80 bits per heavy atom. The second kappa shape index (κ2) is 8.68. The molecule has 5 nitrogen and oxygen atoms in total. The molecule has 2 amide bonds. The molecule has 138 valence electrons. The zero-order valence-corrected chi connectivity index (χ0v) is 15.5. The van der Waals surface area contributed by atoms with Crippen LogP contribution in [0, 0.1) is 12.8 Å². The van der Waals surface area contributed by atoms with Crippen molar-refractivity contribution in [2.75, 3.05) is 45.9 Å². The molecule has 0 aromatic heterocycles. The number of morpholine rings is 1. The number of hydrogen-bond donors (Lipinski definition) is 1. The first-order valence-corrected chi connectivity index (χ1v) is 9.54. The Morgan fingerprint density at radius 1 is 1.16 bits per heavy atom. The molecule has 25 heavy (non-hydrogen) atoms. The van der Waals surface area contributed by atoms with Crippen LogP contribution < -0.4 is 5.32 Å². The van der Waals surface area contributed by atoms with Crippen molar-refractivity contribution in [3.63, 3.8) is 0 Å². The molecule has 5 heteroatoms. The number of amides is 2. The third-order valence-corrected chi connectivity index (χ3v) is 5.47. The molecule has 2 fully saturated rings. The summed E-state index contributed by atoms with van der Waals surface area (Å²) >= 11 is 0. The first-order chi connectivity index (χ1) is 12.1. The zero-order chi connectivity index (χ0) is 17.6. The van der Waals surface area contributed by atoms with Gasteiger partial charge in [0.2, 0.25) is 0 Å². The number of nitrogens with one attached hydrogen (secondary N) is 1.